The summed E-state index contributed by atoms with van der Waals surface area (Å²) in [6.45, 7) is 0.619. The third-order valence-electron chi connectivity index (χ3n) is 10.9. The van der Waals surface area contributed by atoms with E-state index in [1.54, 1.807) is 36.4 Å². The quantitative estimate of drug-likeness (QED) is 0.0550. The molecule has 1 atom stereocenters. The van der Waals surface area contributed by atoms with E-state index < -0.39 is 23.9 Å². The zero-order valence-electron chi connectivity index (χ0n) is 36.0. The Labute approximate surface area is 369 Å². The summed E-state index contributed by atoms with van der Waals surface area (Å²) in [4.78, 5) is 64.0. The van der Waals surface area contributed by atoms with Gasteiger partial charge in [-0.1, -0.05) is 24.3 Å². The predicted molar refractivity (Wildman–Crippen MR) is 239 cm³/mol. The van der Waals surface area contributed by atoms with Crippen LogP contribution in [0.2, 0.25) is 0 Å². The number of unbranched alkanes of at least 4 members (excludes halogenated alkanes) is 1. The highest BCUT2D eigenvalue weighted by Crippen LogP contribution is 2.45. The second-order valence-electron chi connectivity index (χ2n) is 15.8. The number of hydrogen-bond acceptors (Lipinski definition) is 10. The van der Waals surface area contributed by atoms with Crippen molar-refractivity contribution < 1.29 is 48.1 Å². The number of ether oxygens (including phenoxy) is 2. The number of carboxylic acid groups (broad SMARTS) is 2. The Hall–Kier alpha value is -7.68. The summed E-state index contributed by atoms with van der Waals surface area (Å²) >= 11 is 0. The van der Waals surface area contributed by atoms with Gasteiger partial charge in [-0.15, -0.1) is 0 Å². The number of hydrogen-bond donors (Lipinski definition) is 4. The lowest BCUT2D eigenvalue weighted by Crippen LogP contribution is -2.34. The molecule has 1 unspecified atom stereocenters. The largest absolute Gasteiger partial charge is 0.545 e. The molecule has 64 heavy (non-hydrogen) atoms. The second kappa shape index (κ2) is 19.6. The Bertz CT molecular complexity index is 2810. The number of carbonyl (C=O) groups is 5. The highest BCUT2D eigenvalue weighted by atomic mass is 16.5. The Morgan fingerprint density at radius 1 is 0.781 bits per heavy atom. The summed E-state index contributed by atoms with van der Waals surface area (Å²) in [5.74, 6) is -1.38. The Balaban J connectivity index is 0.911. The van der Waals surface area contributed by atoms with Gasteiger partial charge in [-0.05, 0) is 66.9 Å². The van der Waals surface area contributed by atoms with Gasteiger partial charge in [0.25, 0.3) is 5.91 Å². The summed E-state index contributed by atoms with van der Waals surface area (Å²) < 4.78 is 20.4. The normalized spacial score (nSPS) is 12.7. The average molecular weight is 868 g/mol. The molecule has 0 aromatic heterocycles. The molecule has 0 bridgehead atoms. The number of carbonyl (C=O) groups excluding carboxylic acids is 4. The van der Waals surface area contributed by atoms with Crippen molar-refractivity contribution >= 4 is 46.3 Å². The van der Waals surface area contributed by atoms with Crippen LogP contribution in [-0.4, -0.2) is 82.7 Å². The molecular weight excluding hydrogens is 819 g/mol. The Kier molecular flexibility index (Phi) is 13.6. The van der Waals surface area contributed by atoms with E-state index in [0.29, 0.717) is 75.7 Å². The van der Waals surface area contributed by atoms with Crippen molar-refractivity contribution in [2.45, 2.75) is 38.1 Å². The van der Waals surface area contributed by atoms with Crippen molar-refractivity contribution in [1.82, 2.24) is 20.5 Å². The maximum absolute atomic E-state index is 13.2. The molecule has 4 aromatic rings. The fourth-order valence-electron chi connectivity index (χ4n) is 7.57. The van der Waals surface area contributed by atoms with E-state index in [9.17, 15) is 29.1 Å². The lowest BCUT2D eigenvalue weighted by molar-refractivity contribution is -0.255. The van der Waals surface area contributed by atoms with Crippen molar-refractivity contribution in [2.24, 2.45) is 0 Å². The van der Waals surface area contributed by atoms with E-state index >= 15 is 0 Å². The minimum Gasteiger partial charge on any atom is -0.545 e. The second-order valence-corrected chi connectivity index (χ2v) is 15.8. The number of fused-ring (bicyclic) bond motifs is 4. The molecule has 4 aromatic carbocycles. The third-order valence-corrected chi connectivity index (χ3v) is 10.9. The van der Waals surface area contributed by atoms with Crippen LogP contribution in [0.4, 0.5) is 5.69 Å². The first-order valence-corrected chi connectivity index (χ1v) is 20.9. The number of nitrogens with one attached hydrogen (secondary N) is 3. The summed E-state index contributed by atoms with van der Waals surface area (Å²) in [7, 11) is 7.69. The molecule has 0 spiro atoms. The first-order chi connectivity index (χ1) is 30.8. The monoisotopic (exact) mass is 867 g/mol. The molecule has 3 aliphatic rings. The van der Waals surface area contributed by atoms with Crippen LogP contribution < -0.4 is 45.4 Å². The molecule has 1 aliphatic carbocycles. The van der Waals surface area contributed by atoms with Crippen molar-refractivity contribution in [1.29, 1.82) is 0 Å². The fraction of sp³-hybridized carbons (Fsp3) is 0.265. The fourth-order valence-corrected chi connectivity index (χ4v) is 7.57. The molecule has 0 saturated heterocycles. The maximum Gasteiger partial charge on any atom is 0.303 e. The number of amides is 3. The molecule has 330 valence electrons. The molecule has 15 heteroatoms. The number of carboxylic acids is 2. The highest BCUT2D eigenvalue weighted by molar-refractivity contribution is 6.09. The first kappa shape index (κ1) is 44.4. The third kappa shape index (κ3) is 10.2. The van der Waals surface area contributed by atoms with Gasteiger partial charge in [-0.25, -0.2) is 4.58 Å². The lowest BCUT2D eigenvalue weighted by atomic mass is 9.89. The van der Waals surface area contributed by atoms with Gasteiger partial charge in [0.2, 0.25) is 17.2 Å². The number of nitrogens with zero attached hydrogens (tertiary/aromatic N) is 2. The zero-order chi connectivity index (χ0) is 45.5. The van der Waals surface area contributed by atoms with Gasteiger partial charge < -0.3 is 49.7 Å². The van der Waals surface area contributed by atoms with Gasteiger partial charge in [-0.2, -0.15) is 0 Å². The van der Waals surface area contributed by atoms with E-state index in [4.69, 9.17) is 19.0 Å². The van der Waals surface area contributed by atoms with Crippen molar-refractivity contribution in [3.8, 4) is 39.7 Å². The number of aliphatic carboxylic acids is 1. The number of rotatable bonds is 17. The van der Waals surface area contributed by atoms with Crippen molar-refractivity contribution in [3.05, 3.63) is 125 Å². The molecule has 3 amide bonds. The van der Waals surface area contributed by atoms with Crippen LogP contribution in [-0.2, 0) is 14.4 Å². The minimum absolute atomic E-state index is 0.117. The average Bonchev–Trinajstić information content (AvgIpc) is 3.27. The van der Waals surface area contributed by atoms with Crippen molar-refractivity contribution in [3.63, 3.8) is 0 Å². The van der Waals surface area contributed by atoms with Gasteiger partial charge in [0, 0.05) is 103 Å². The number of para-hydroxylation sites is 1. The van der Waals surface area contributed by atoms with E-state index in [1.165, 1.54) is 6.07 Å². The van der Waals surface area contributed by atoms with E-state index in [2.05, 4.69) is 16.0 Å². The molecular formula is C49H49N5O10. The molecule has 15 nitrogen and oxygen atoms in total. The molecule has 7 rings (SSSR count). The van der Waals surface area contributed by atoms with Gasteiger partial charge in [0.05, 0.1) is 31.1 Å². The number of anilines is 1. The Morgan fingerprint density at radius 2 is 1.55 bits per heavy atom. The summed E-state index contributed by atoms with van der Waals surface area (Å²) in [6.07, 6.45) is 0.950. The molecule has 0 radical (unpaired) electrons. The maximum atomic E-state index is 13.2. The van der Waals surface area contributed by atoms with E-state index in [1.807, 2.05) is 92.3 Å². The van der Waals surface area contributed by atoms with Crippen LogP contribution in [0.5, 0.6) is 17.2 Å². The molecule has 2 heterocycles. The molecule has 0 fully saturated rings. The van der Waals surface area contributed by atoms with E-state index in [-0.39, 0.29) is 55.3 Å². The van der Waals surface area contributed by atoms with Crippen molar-refractivity contribution in [2.75, 3.05) is 52.8 Å². The Morgan fingerprint density at radius 3 is 2.31 bits per heavy atom. The first-order valence-electron chi connectivity index (χ1n) is 20.9. The summed E-state index contributed by atoms with van der Waals surface area (Å²) in [5, 5.41) is 31.7. The standard InChI is InChI=1S/C49H49N5O10/c1-53(2)30-13-17-34-40(26-30)64-41-27-31(54(3)4)14-18-35(41)46(34)33-16-12-29(25-38(33)49(60)61)48(59)51-23-22-50-43(55)11-7-8-24-62-32-15-19-37-42(28-32)63-39-10-6-5-9-36(39)47(37)52-44(56)20-21-45(57)58/h5-6,9-10,12-19,25-28,47H,7-8,11,20-24H2,1-4H3,(H4-,50,51,52,55,56,57,58,59,60,61). The predicted octanol–water partition coefficient (Wildman–Crippen LogP) is 4.94. The topological polar surface area (TPSA) is 203 Å². The van der Waals surface area contributed by atoms with E-state index in [0.717, 1.165) is 16.6 Å². The molecule has 0 saturated carbocycles. The van der Waals surface area contributed by atoms with Crippen LogP contribution in [0.3, 0.4) is 0 Å². The van der Waals surface area contributed by atoms with Gasteiger partial charge in [-0.3, -0.25) is 19.2 Å². The molecule has 4 N–H and O–H groups in total. The smallest absolute Gasteiger partial charge is 0.303 e. The number of benzene rings is 5. The van der Waals surface area contributed by atoms with Crippen LogP contribution in [0.1, 0.15) is 70.0 Å². The highest BCUT2D eigenvalue weighted by Gasteiger charge is 2.29. The number of aromatic carboxylic acids is 1. The minimum atomic E-state index is -1.44. The van der Waals surface area contributed by atoms with Gasteiger partial charge in [0.1, 0.15) is 42.7 Å². The van der Waals surface area contributed by atoms with Crippen LogP contribution in [0.25, 0.3) is 33.4 Å². The SMILES string of the molecule is CN(C)c1ccc2c(-c3ccc(C(=O)NCCNC(=O)CCCCOc4ccc5c(c4)Oc4ccccc4C5NC(=O)CCC(=O)O)cc3C(=O)[O-])c3ccc(=[N+](C)C)cc-3oc2c1. The summed E-state index contributed by atoms with van der Waals surface area (Å²) in [6, 6.07) is 28.0. The summed E-state index contributed by atoms with van der Waals surface area (Å²) in [5.41, 5.74) is 4.64. The van der Waals surface area contributed by atoms with Crippen LogP contribution >= 0.6 is 0 Å². The van der Waals surface area contributed by atoms with Gasteiger partial charge in [0.15, 0.2) is 0 Å². The van der Waals surface area contributed by atoms with Crippen LogP contribution in [0, 0.1) is 0 Å². The lowest BCUT2D eigenvalue weighted by Gasteiger charge is -2.29. The molecule has 2 aliphatic heterocycles. The van der Waals surface area contributed by atoms with Gasteiger partial charge >= 0.3 is 5.97 Å². The van der Waals surface area contributed by atoms with Crippen LogP contribution in [0.15, 0.2) is 101 Å². The zero-order valence-corrected chi connectivity index (χ0v) is 36.0.